The molecule has 0 aliphatic carbocycles. The van der Waals surface area contributed by atoms with Gasteiger partial charge in [-0.1, -0.05) is 66.6 Å². The van der Waals surface area contributed by atoms with Gasteiger partial charge in [0.1, 0.15) is 37.1 Å². The van der Waals surface area contributed by atoms with E-state index in [1.54, 1.807) is 60.7 Å². The lowest BCUT2D eigenvalue weighted by molar-refractivity contribution is -0.384. The number of amides is 3. The van der Waals surface area contributed by atoms with Crippen molar-refractivity contribution in [3.8, 4) is 12.3 Å². The summed E-state index contributed by atoms with van der Waals surface area (Å²) in [6, 6.07) is 17.8. The molecule has 1 aliphatic rings. The van der Waals surface area contributed by atoms with Gasteiger partial charge in [0, 0.05) is 12.1 Å². The molecule has 0 bridgehead atoms. The van der Waals surface area contributed by atoms with Gasteiger partial charge in [-0.05, 0) is 35.7 Å². The minimum absolute atomic E-state index is 0.145. The predicted molar refractivity (Wildman–Crippen MR) is 172 cm³/mol. The number of benzene rings is 3. The summed E-state index contributed by atoms with van der Waals surface area (Å²) in [6.45, 7) is 0.653. The Morgan fingerprint density at radius 1 is 0.959 bits per heavy atom. The second-order valence-corrected chi connectivity index (χ2v) is 12.1. The second kappa shape index (κ2) is 15.6. The van der Waals surface area contributed by atoms with Crippen LogP contribution in [0.2, 0.25) is 0 Å². The maximum atomic E-state index is 13.6. The molecule has 15 nitrogen and oxygen atoms in total. The van der Waals surface area contributed by atoms with E-state index in [0.29, 0.717) is 16.7 Å². The number of carbonyl (C=O) groups is 4. The molecule has 0 aromatic heterocycles. The Morgan fingerprint density at radius 2 is 1.53 bits per heavy atom. The first kappa shape index (κ1) is 35.6. The van der Waals surface area contributed by atoms with Crippen LogP contribution in [0.4, 0.5) is 10.5 Å². The van der Waals surface area contributed by atoms with Crippen molar-refractivity contribution >= 4 is 39.7 Å². The molecule has 0 saturated carbocycles. The van der Waals surface area contributed by atoms with Gasteiger partial charge in [-0.25, -0.2) is 9.59 Å². The maximum absolute atomic E-state index is 13.6. The molecule has 3 aromatic rings. The van der Waals surface area contributed by atoms with Gasteiger partial charge >= 0.3 is 22.2 Å². The van der Waals surface area contributed by atoms with Crippen LogP contribution in [0, 0.1) is 22.5 Å². The first-order chi connectivity index (χ1) is 23.3. The third-order valence-corrected chi connectivity index (χ3v) is 7.55. The fraction of sp³-hybridized carbons (Fsp3) is 0.212. The van der Waals surface area contributed by atoms with Crippen LogP contribution in [0.5, 0.6) is 0 Å². The van der Waals surface area contributed by atoms with Gasteiger partial charge in [0.25, 0.3) is 11.6 Å². The van der Waals surface area contributed by atoms with Crippen molar-refractivity contribution in [3.63, 3.8) is 0 Å². The SMILES string of the molecule is C#CC1C(NC(=O)[C@H](NC(=O)OCc2ccc([N+](=O)[O-])cc2)c2ccccc2)C(=O)N1C(C(=O)OCc1ccccc1)=C(C)OS(C)(=O)=O. The molecule has 3 atom stereocenters. The van der Waals surface area contributed by atoms with Crippen molar-refractivity contribution in [3.05, 3.63) is 123 Å². The van der Waals surface area contributed by atoms with Crippen LogP contribution in [-0.4, -0.2) is 60.5 Å². The molecule has 4 rings (SSSR count). The van der Waals surface area contributed by atoms with Gasteiger partial charge in [-0.3, -0.25) is 24.6 Å². The largest absolute Gasteiger partial charge is 0.456 e. The predicted octanol–water partition coefficient (Wildman–Crippen LogP) is 2.84. The molecule has 1 aliphatic heterocycles. The van der Waals surface area contributed by atoms with Crippen molar-refractivity contribution in [2.75, 3.05) is 6.26 Å². The highest BCUT2D eigenvalue weighted by atomic mass is 32.2. The van der Waals surface area contributed by atoms with Crippen molar-refractivity contribution < 1.29 is 46.2 Å². The summed E-state index contributed by atoms with van der Waals surface area (Å²) >= 11 is 0. The van der Waals surface area contributed by atoms with Gasteiger partial charge in [-0.2, -0.15) is 8.42 Å². The van der Waals surface area contributed by atoms with E-state index in [1.165, 1.54) is 24.3 Å². The Morgan fingerprint density at radius 3 is 2.10 bits per heavy atom. The number of hydrogen-bond donors (Lipinski definition) is 2. The van der Waals surface area contributed by atoms with Crippen LogP contribution in [0.15, 0.2) is 96.4 Å². The molecule has 49 heavy (non-hydrogen) atoms. The number of esters is 1. The Bertz CT molecular complexity index is 1910. The molecule has 2 unspecified atom stereocenters. The van der Waals surface area contributed by atoms with Crippen LogP contribution in [0.3, 0.4) is 0 Å². The zero-order valence-electron chi connectivity index (χ0n) is 26.1. The van der Waals surface area contributed by atoms with Crippen LogP contribution >= 0.6 is 0 Å². The number of nitro benzene ring substituents is 1. The lowest BCUT2D eigenvalue weighted by atomic mass is 9.93. The molecule has 16 heteroatoms. The topological polar surface area (TPSA) is 201 Å². The summed E-state index contributed by atoms with van der Waals surface area (Å²) in [5, 5.41) is 15.8. The number of rotatable bonds is 13. The van der Waals surface area contributed by atoms with Gasteiger partial charge in [0.05, 0.1) is 11.2 Å². The minimum Gasteiger partial charge on any atom is -0.456 e. The lowest BCUT2D eigenvalue weighted by Crippen LogP contribution is -2.71. The lowest BCUT2D eigenvalue weighted by Gasteiger charge is -2.45. The smallest absolute Gasteiger partial charge is 0.408 e. The van der Waals surface area contributed by atoms with Crippen LogP contribution in [0.1, 0.15) is 29.7 Å². The average molecular weight is 691 g/mol. The second-order valence-electron chi connectivity index (χ2n) is 10.5. The molecular formula is C33H30N4O11S. The molecule has 2 N–H and O–H groups in total. The molecule has 254 valence electrons. The van der Waals surface area contributed by atoms with E-state index in [1.807, 2.05) is 0 Å². The number of likely N-dealkylation sites (tertiary alicyclic amines) is 1. The van der Waals surface area contributed by atoms with E-state index in [0.717, 1.165) is 18.1 Å². The van der Waals surface area contributed by atoms with E-state index in [4.69, 9.17) is 20.1 Å². The first-order valence-corrected chi connectivity index (χ1v) is 16.2. The van der Waals surface area contributed by atoms with Gasteiger partial charge < -0.3 is 24.3 Å². The highest BCUT2D eigenvalue weighted by Gasteiger charge is 2.52. The molecule has 1 heterocycles. The first-order valence-electron chi connectivity index (χ1n) is 14.4. The Hall–Kier alpha value is -6.21. The van der Waals surface area contributed by atoms with Crippen molar-refractivity contribution in [2.24, 2.45) is 0 Å². The van der Waals surface area contributed by atoms with E-state index < -0.39 is 68.5 Å². The summed E-state index contributed by atoms with van der Waals surface area (Å²) in [6.07, 6.45) is 5.45. The summed E-state index contributed by atoms with van der Waals surface area (Å²) in [5.41, 5.74) is 0.645. The van der Waals surface area contributed by atoms with Crippen LogP contribution in [-0.2, 0) is 51.4 Å². The zero-order valence-corrected chi connectivity index (χ0v) is 26.9. The number of terminal acetylenes is 1. The molecule has 1 saturated heterocycles. The molecule has 0 spiro atoms. The number of nitrogens with one attached hydrogen (secondary N) is 2. The number of alkyl carbamates (subject to hydrolysis) is 1. The van der Waals surface area contributed by atoms with Crippen molar-refractivity contribution in [1.29, 1.82) is 0 Å². The van der Waals surface area contributed by atoms with E-state index >= 15 is 0 Å². The highest BCUT2D eigenvalue weighted by Crippen LogP contribution is 2.30. The van der Waals surface area contributed by atoms with Crippen LogP contribution in [0.25, 0.3) is 0 Å². The Balaban J connectivity index is 1.51. The maximum Gasteiger partial charge on any atom is 0.408 e. The molecule has 0 radical (unpaired) electrons. The fourth-order valence-corrected chi connectivity index (χ4v) is 5.26. The van der Waals surface area contributed by atoms with Crippen LogP contribution < -0.4 is 10.6 Å². The third kappa shape index (κ3) is 9.20. The highest BCUT2D eigenvalue weighted by molar-refractivity contribution is 7.86. The Kier molecular flexibility index (Phi) is 11.3. The van der Waals surface area contributed by atoms with Gasteiger partial charge in [0.2, 0.25) is 5.91 Å². The number of hydrogen-bond acceptors (Lipinski definition) is 11. The Labute approximate surface area is 281 Å². The summed E-state index contributed by atoms with van der Waals surface area (Å²) in [4.78, 5) is 64.1. The molecule has 3 aromatic carbocycles. The quantitative estimate of drug-likeness (QED) is 0.0391. The van der Waals surface area contributed by atoms with Gasteiger partial charge in [-0.15, -0.1) is 6.42 Å². The number of carbonyl (C=O) groups excluding carboxylic acids is 4. The number of allylic oxidation sites excluding steroid dienone is 1. The number of nitrogens with zero attached hydrogens (tertiary/aromatic N) is 2. The number of ether oxygens (including phenoxy) is 2. The number of non-ortho nitro benzene ring substituents is 1. The third-order valence-electron chi connectivity index (χ3n) is 7.00. The molecule has 1 fully saturated rings. The minimum atomic E-state index is -4.15. The normalized spacial score (nSPS) is 16.5. The standard InChI is InChI=1S/C33H30N4O11S/c1-4-26-28(31(39)36(26)29(21(2)48-49(3,44)45)32(40)46-19-22-11-7-5-8-12-22)34-30(38)27(24-13-9-6-10-14-24)35-33(41)47-20-23-15-17-25(18-16-23)37(42)43/h1,5-18,26-28H,19-20H2,2-3H3,(H,34,38)(H,35,41)/t26?,27-,28?/m1/s1. The zero-order chi connectivity index (χ0) is 35.7. The van der Waals surface area contributed by atoms with Gasteiger partial charge in [0.15, 0.2) is 5.70 Å². The van der Waals surface area contributed by atoms with E-state index in [-0.39, 0.29) is 18.9 Å². The summed E-state index contributed by atoms with van der Waals surface area (Å²) in [7, 11) is -4.15. The summed E-state index contributed by atoms with van der Waals surface area (Å²) in [5.74, 6) is -1.02. The molecule has 3 amide bonds. The van der Waals surface area contributed by atoms with Crippen molar-refractivity contribution in [1.82, 2.24) is 15.5 Å². The van der Waals surface area contributed by atoms with Crippen molar-refractivity contribution in [2.45, 2.75) is 38.3 Å². The van der Waals surface area contributed by atoms with E-state index in [2.05, 4.69) is 16.6 Å². The monoisotopic (exact) mass is 690 g/mol. The average Bonchev–Trinajstić information content (AvgIpc) is 3.08. The fourth-order valence-electron chi connectivity index (χ4n) is 4.72. The number of β-lactam (4-membered cyclic amide) rings is 1. The van der Waals surface area contributed by atoms with E-state index in [9.17, 15) is 37.7 Å². The molecular weight excluding hydrogens is 660 g/mol. The number of nitro groups is 1. The summed E-state index contributed by atoms with van der Waals surface area (Å²) < 4.78 is 39.3.